The number of aliphatic carboxylic acids is 1. The molecule has 1 aromatic rings. The molecule has 116 valence electrons. The second-order valence-corrected chi connectivity index (χ2v) is 5.83. The van der Waals surface area contributed by atoms with E-state index in [1.807, 2.05) is 6.07 Å². The van der Waals surface area contributed by atoms with Crippen molar-refractivity contribution in [3.05, 3.63) is 29.3 Å². The molecule has 0 saturated carbocycles. The van der Waals surface area contributed by atoms with Gasteiger partial charge in [-0.25, -0.2) is 0 Å². The van der Waals surface area contributed by atoms with Crippen LogP contribution in [-0.4, -0.2) is 41.7 Å². The van der Waals surface area contributed by atoms with Gasteiger partial charge >= 0.3 is 5.97 Å². The number of piperidine rings is 1. The molecule has 1 N–H and O–H groups in total. The number of benzene rings is 1. The number of hydrogen-bond acceptors (Lipinski definition) is 3. The molecule has 2 rings (SSSR count). The van der Waals surface area contributed by atoms with Crippen LogP contribution in [0.4, 0.5) is 0 Å². The number of ether oxygens (including phenoxy) is 1. The number of likely N-dealkylation sites (tertiary alicyclic amines) is 1. The van der Waals surface area contributed by atoms with Crippen molar-refractivity contribution in [2.45, 2.75) is 45.6 Å². The van der Waals surface area contributed by atoms with Crippen molar-refractivity contribution < 1.29 is 14.6 Å². The lowest BCUT2D eigenvalue weighted by Gasteiger charge is -2.32. The molecule has 1 unspecified atom stereocenters. The Hall–Kier alpha value is -1.55. The molecule has 1 saturated heterocycles. The number of carbonyl (C=O) groups is 1. The fourth-order valence-corrected chi connectivity index (χ4v) is 2.80. The summed E-state index contributed by atoms with van der Waals surface area (Å²) in [6, 6.07) is 5.80. The fraction of sp³-hybridized carbons (Fsp3) is 0.588. The molecule has 0 aromatic heterocycles. The maximum absolute atomic E-state index is 11.2. The van der Waals surface area contributed by atoms with Gasteiger partial charge in [0.25, 0.3) is 0 Å². The van der Waals surface area contributed by atoms with Crippen LogP contribution in [0.1, 0.15) is 36.8 Å². The fourth-order valence-electron chi connectivity index (χ4n) is 2.80. The standard InChI is InChI=1S/C17H25NO3/c1-13-7-8-15(12-14(13)2)21-11-5-10-18-9-4-3-6-16(18)17(19)20/h7-8,12,16H,3-6,9-11H2,1-2H3,(H,19,20). The van der Waals surface area contributed by atoms with Crippen molar-refractivity contribution in [3.8, 4) is 5.75 Å². The molecule has 0 bridgehead atoms. The van der Waals surface area contributed by atoms with Crippen LogP contribution in [-0.2, 0) is 4.79 Å². The van der Waals surface area contributed by atoms with Crippen molar-refractivity contribution in [2.24, 2.45) is 0 Å². The van der Waals surface area contributed by atoms with Gasteiger partial charge in [0.15, 0.2) is 0 Å². The van der Waals surface area contributed by atoms with Gasteiger partial charge < -0.3 is 9.84 Å². The lowest BCUT2D eigenvalue weighted by molar-refractivity contribution is -0.144. The average molecular weight is 291 g/mol. The number of carboxylic acids is 1. The first-order valence-electron chi connectivity index (χ1n) is 7.75. The zero-order valence-corrected chi connectivity index (χ0v) is 13.0. The monoisotopic (exact) mass is 291 g/mol. The third-order valence-electron chi connectivity index (χ3n) is 4.24. The molecule has 1 aromatic carbocycles. The molecule has 1 heterocycles. The first-order valence-corrected chi connectivity index (χ1v) is 7.75. The minimum absolute atomic E-state index is 0.305. The summed E-state index contributed by atoms with van der Waals surface area (Å²) in [4.78, 5) is 13.3. The Balaban J connectivity index is 1.75. The highest BCUT2D eigenvalue weighted by Gasteiger charge is 2.27. The van der Waals surface area contributed by atoms with E-state index in [-0.39, 0.29) is 6.04 Å². The van der Waals surface area contributed by atoms with E-state index in [1.54, 1.807) is 0 Å². The lowest BCUT2D eigenvalue weighted by Crippen LogP contribution is -2.45. The molecule has 0 radical (unpaired) electrons. The number of rotatable bonds is 6. The first kappa shape index (κ1) is 15.8. The van der Waals surface area contributed by atoms with E-state index in [1.165, 1.54) is 11.1 Å². The summed E-state index contributed by atoms with van der Waals surface area (Å²) in [6.45, 7) is 6.47. The number of aryl methyl sites for hydroxylation is 2. The van der Waals surface area contributed by atoms with Crippen molar-refractivity contribution >= 4 is 5.97 Å². The van der Waals surface area contributed by atoms with Crippen molar-refractivity contribution in [2.75, 3.05) is 19.7 Å². The summed E-state index contributed by atoms with van der Waals surface area (Å²) < 4.78 is 5.75. The highest BCUT2D eigenvalue weighted by molar-refractivity contribution is 5.73. The van der Waals surface area contributed by atoms with Crippen LogP contribution in [0.25, 0.3) is 0 Å². The SMILES string of the molecule is Cc1ccc(OCCCN2CCCCC2C(=O)O)cc1C. The van der Waals surface area contributed by atoms with Gasteiger partial charge in [0.2, 0.25) is 0 Å². The average Bonchev–Trinajstić information content (AvgIpc) is 2.47. The van der Waals surface area contributed by atoms with Crippen LogP contribution in [0.2, 0.25) is 0 Å². The van der Waals surface area contributed by atoms with E-state index >= 15 is 0 Å². The normalized spacial score (nSPS) is 19.4. The number of nitrogens with zero attached hydrogens (tertiary/aromatic N) is 1. The van der Waals surface area contributed by atoms with E-state index in [0.29, 0.717) is 6.61 Å². The van der Waals surface area contributed by atoms with Crippen LogP contribution in [0.3, 0.4) is 0 Å². The predicted molar refractivity (Wildman–Crippen MR) is 82.9 cm³/mol. The van der Waals surface area contributed by atoms with Crippen LogP contribution in [0.5, 0.6) is 5.75 Å². The largest absolute Gasteiger partial charge is 0.494 e. The van der Waals surface area contributed by atoms with E-state index in [9.17, 15) is 9.90 Å². The smallest absolute Gasteiger partial charge is 0.320 e. The van der Waals surface area contributed by atoms with Gasteiger partial charge in [-0.15, -0.1) is 0 Å². The second-order valence-electron chi connectivity index (χ2n) is 5.83. The third kappa shape index (κ3) is 4.46. The second kappa shape index (κ2) is 7.46. The highest BCUT2D eigenvalue weighted by Crippen LogP contribution is 2.19. The van der Waals surface area contributed by atoms with Crippen LogP contribution in [0.15, 0.2) is 18.2 Å². The van der Waals surface area contributed by atoms with E-state index < -0.39 is 5.97 Å². The molecule has 1 fully saturated rings. The summed E-state index contributed by atoms with van der Waals surface area (Å²) in [5.41, 5.74) is 2.49. The Morgan fingerprint density at radius 2 is 2.14 bits per heavy atom. The van der Waals surface area contributed by atoms with Gasteiger partial charge in [-0.2, -0.15) is 0 Å². The minimum atomic E-state index is -0.690. The molecule has 0 spiro atoms. The van der Waals surface area contributed by atoms with Gasteiger partial charge in [-0.1, -0.05) is 12.5 Å². The quantitative estimate of drug-likeness (QED) is 0.819. The van der Waals surface area contributed by atoms with E-state index in [0.717, 1.165) is 44.5 Å². The van der Waals surface area contributed by atoms with Gasteiger partial charge in [0, 0.05) is 6.54 Å². The van der Waals surface area contributed by atoms with Gasteiger partial charge in [0.1, 0.15) is 11.8 Å². The van der Waals surface area contributed by atoms with Crippen molar-refractivity contribution in [1.82, 2.24) is 4.90 Å². The van der Waals surface area contributed by atoms with Crippen LogP contribution >= 0.6 is 0 Å². The van der Waals surface area contributed by atoms with E-state index in [2.05, 4.69) is 30.9 Å². The molecule has 0 amide bonds. The molecule has 1 atom stereocenters. The first-order chi connectivity index (χ1) is 10.1. The van der Waals surface area contributed by atoms with Crippen molar-refractivity contribution in [1.29, 1.82) is 0 Å². The summed E-state index contributed by atoms with van der Waals surface area (Å²) in [5.74, 6) is 0.205. The molecule has 4 heteroatoms. The minimum Gasteiger partial charge on any atom is -0.494 e. The maximum Gasteiger partial charge on any atom is 0.320 e. The molecule has 1 aliphatic heterocycles. The predicted octanol–water partition coefficient (Wildman–Crippen LogP) is 3.01. The molecule has 0 aliphatic carbocycles. The Bertz CT molecular complexity index is 487. The third-order valence-corrected chi connectivity index (χ3v) is 4.24. The Morgan fingerprint density at radius 3 is 2.86 bits per heavy atom. The molecule has 4 nitrogen and oxygen atoms in total. The van der Waals surface area contributed by atoms with E-state index in [4.69, 9.17) is 4.74 Å². The highest BCUT2D eigenvalue weighted by atomic mass is 16.5. The van der Waals surface area contributed by atoms with Gasteiger partial charge in [-0.05, 0) is 62.9 Å². The zero-order valence-electron chi connectivity index (χ0n) is 13.0. The molecular formula is C17H25NO3. The molecule has 21 heavy (non-hydrogen) atoms. The Kier molecular flexibility index (Phi) is 5.62. The van der Waals surface area contributed by atoms with Crippen LogP contribution < -0.4 is 4.74 Å². The van der Waals surface area contributed by atoms with Gasteiger partial charge in [0.05, 0.1) is 6.61 Å². The van der Waals surface area contributed by atoms with Crippen LogP contribution in [0, 0.1) is 13.8 Å². The maximum atomic E-state index is 11.2. The summed E-state index contributed by atoms with van der Waals surface area (Å²) >= 11 is 0. The number of carboxylic acid groups (broad SMARTS) is 1. The Morgan fingerprint density at radius 1 is 1.33 bits per heavy atom. The summed E-state index contributed by atoms with van der Waals surface area (Å²) in [7, 11) is 0. The zero-order chi connectivity index (χ0) is 15.2. The topological polar surface area (TPSA) is 49.8 Å². The summed E-state index contributed by atoms with van der Waals surface area (Å²) in [6.07, 6.45) is 3.75. The van der Waals surface area contributed by atoms with Gasteiger partial charge in [-0.3, -0.25) is 9.69 Å². The molecule has 1 aliphatic rings. The van der Waals surface area contributed by atoms with Crippen molar-refractivity contribution in [3.63, 3.8) is 0 Å². The Labute approximate surface area is 126 Å². The number of hydrogen-bond donors (Lipinski definition) is 1. The summed E-state index contributed by atoms with van der Waals surface area (Å²) in [5, 5.41) is 9.23. The lowest BCUT2D eigenvalue weighted by atomic mass is 10.0. The molecular weight excluding hydrogens is 266 g/mol.